The molecule has 2 heterocycles. The molecule has 1 aromatic carbocycles. The fourth-order valence-electron chi connectivity index (χ4n) is 3.45. The number of sulfone groups is 1. The second-order valence-corrected chi connectivity index (χ2v) is 9.33. The van der Waals surface area contributed by atoms with E-state index < -0.39 is 9.84 Å². The van der Waals surface area contributed by atoms with Gasteiger partial charge in [0.05, 0.1) is 31.3 Å². The van der Waals surface area contributed by atoms with Crippen molar-refractivity contribution in [1.29, 1.82) is 0 Å². The predicted molar refractivity (Wildman–Crippen MR) is 123 cm³/mol. The fourth-order valence-corrected chi connectivity index (χ4v) is 5.13. The van der Waals surface area contributed by atoms with Crippen molar-refractivity contribution in [3.8, 4) is 0 Å². The van der Waals surface area contributed by atoms with Gasteiger partial charge in [-0.1, -0.05) is 24.3 Å². The monoisotopic (exact) mass is 522 g/mol. The lowest BCUT2D eigenvalue weighted by atomic mass is 10.1. The fraction of sp³-hybridized carbons (Fsp3) is 0.632. The largest absolute Gasteiger partial charge is 0.379 e. The van der Waals surface area contributed by atoms with E-state index in [-0.39, 0.29) is 41.5 Å². The third kappa shape index (κ3) is 7.16. The summed E-state index contributed by atoms with van der Waals surface area (Å²) in [6.07, 6.45) is 0.639. The number of nitrogens with zero attached hydrogens (tertiary/aromatic N) is 2. The van der Waals surface area contributed by atoms with Crippen LogP contribution >= 0.6 is 24.0 Å². The lowest BCUT2D eigenvalue weighted by molar-refractivity contribution is 0.0341. The van der Waals surface area contributed by atoms with E-state index in [9.17, 15) is 8.42 Å². The van der Waals surface area contributed by atoms with Crippen LogP contribution in [0.2, 0.25) is 0 Å². The molecule has 2 N–H and O–H groups in total. The maximum absolute atomic E-state index is 11.7. The van der Waals surface area contributed by atoms with Gasteiger partial charge in [0, 0.05) is 32.2 Å². The molecule has 1 unspecified atom stereocenters. The Hall–Kier alpha value is -0.910. The quantitative estimate of drug-likeness (QED) is 0.334. The summed E-state index contributed by atoms with van der Waals surface area (Å²) in [6, 6.07) is 8.32. The first kappa shape index (κ1) is 23.4. The van der Waals surface area contributed by atoms with E-state index in [4.69, 9.17) is 9.73 Å². The minimum atomic E-state index is -2.91. The van der Waals surface area contributed by atoms with Crippen LogP contribution in [0.4, 0.5) is 0 Å². The first-order valence-corrected chi connectivity index (χ1v) is 11.5. The van der Waals surface area contributed by atoms with E-state index in [0.29, 0.717) is 18.9 Å². The molecule has 2 fully saturated rings. The number of morpholine rings is 1. The van der Waals surface area contributed by atoms with Gasteiger partial charge in [0.1, 0.15) is 0 Å². The van der Waals surface area contributed by atoms with Gasteiger partial charge in [-0.15, -0.1) is 24.0 Å². The lowest BCUT2D eigenvalue weighted by Crippen LogP contribution is -2.44. The molecule has 0 saturated carbocycles. The molecule has 2 aliphatic heterocycles. The number of hydrogen-bond acceptors (Lipinski definition) is 5. The van der Waals surface area contributed by atoms with Crippen LogP contribution in [0.25, 0.3) is 0 Å². The van der Waals surface area contributed by atoms with Crippen molar-refractivity contribution < 1.29 is 13.2 Å². The summed E-state index contributed by atoms with van der Waals surface area (Å²) < 4.78 is 28.8. The van der Waals surface area contributed by atoms with Gasteiger partial charge in [-0.25, -0.2) is 13.4 Å². The first-order chi connectivity index (χ1) is 13.1. The van der Waals surface area contributed by atoms with E-state index in [1.54, 1.807) is 0 Å². The lowest BCUT2D eigenvalue weighted by Gasteiger charge is -2.27. The number of guanidine groups is 1. The van der Waals surface area contributed by atoms with E-state index >= 15 is 0 Å². The standard InChI is InChI=1S/C19H30N4O3S.HI/c1-2-20-19(22-18-7-12-27(24,25)15-18)21-13-16-5-3-4-6-17(16)14-23-8-10-26-11-9-23;/h3-6,18H,2,7-15H2,1H3,(H2,20,21,22);1H. The molecule has 1 aromatic rings. The summed E-state index contributed by atoms with van der Waals surface area (Å²) in [6.45, 7) is 7.71. The molecular weight excluding hydrogens is 491 g/mol. The molecule has 2 saturated heterocycles. The normalized spacial score (nSPS) is 22.5. The van der Waals surface area contributed by atoms with Crippen LogP contribution in [0, 0.1) is 0 Å². The van der Waals surface area contributed by atoms with Crippen LogP contribution < -0.4 is 10.6 Å². The van der Waals surface area contributed by atoms with Gasteiger partial charge in [0.25, 0.3) is 0 Å². The molecule has 3 rings (SSSR count). The summed E-state index contributed by atoms with van der Waals surface area (Å²) in [4.78, 5) is 7.11. The molecule has 0 radical (unpaired) electrons. The van der Waals surface area contributed by atoms with Crippen molar-refractivity contribution in [3.05, 3.63) is 35.4 Å². The number of hydrogen-bond donors (Lipinski definition) is 2. The topological polar surface area (TPSA) is 83.0 Å². The molecule has 0 amide bonds. The van der Waals surface area contributed by atoms with Gasteiger partial charge in [0.15, 0.2) is 15.8 Å². The van der Waals surface area contributed by atoms with Crippen molar-refractivity contribution >= 4 is 39.8 Å². The Morgan fingerprint density at radius 2 is 1.96 bits per heavy atom. The molecular formula is C19H31IN4O3S. The Bertz CT molecular complexity index is 751. The Morgan fingerprint density at radius 3 is 2.61 bits per heavy atom. The third-order valence-electron chi connectivity index (χ3n) is 4.94. The zero-order valence-electron chi connectivity index (χ0n) is 16.4. The summed E-state index contributed by atoms with van der Waals surface area (Å²) in [7, 11) is -2.91. The third-order valence-corrected chi connectivity index (χ3v) is 6.71. The van der Waals surface area contributed by atoms with Crippen LogP contribution in [0.1, 0.15) is 24.5 Å². The van der Waals surface area contributed by atoms with Crippen molar-refractivity contribution in [3.63, 3.8) is 0 Å². The van der Waals surface area contributed by atoms with E-state index in [1.165, 1.54) is 11.1 Å². The second-order valence-electron chi connectivity index (χ2n) is 7.10. The second kappa shape index (κ2) is 11.3. The highest BCUT2D eigenvalue weighted by molar-refractivity contribution is 14.0. The Morgan fingerprint density at radius 1 is 1.25 bits per heavy atom. The summed E-state index contributed by atoms with van der Waals surface area (Å²) in [5, 5.41) is 6.50. The minimum absolute atomic E-state index is 0. The molecule has 2 aliphatic rings. The minimum Gasteiger partial charge on any atom is -0.379 e. The smallest absolute Gasteiger partial charge is 0.191 e. The van der Waals surface area contributed by atoms with Crippen molar-refractivity contribution in [2.24, 2.45) is 4.99 Å². The van der Waals surface area contributed by atoms with Gasteiger partial charge in [-0.3, -0.25) is 4.90 Å². The summed E-state index contributed by atoms with van der Waals surface area (Å²) in [5.41, 5.74) is 2.47. The van der Waals surface area contributed by atoms with Crippen molar-refractivity contribution in [1.82, 2.24) is 15.5 Å². The highest BCUT2D eigenvalue weighted by atomic mass is 127. The van der Waals surface area contributed by atoms with Gasteiger partial charge >= 0.3 is 0 Å². The zero-order valence-corrected chi connectivity index (χ0v) is 19.5. The average Bonchev–Trinajstić information content (AvgIpc) is 3.00. The molecule has 0 bridgehead atoms. The van der Waals surface area contributed by atoms with Gasteiger partial charge < -0.3 is 15.4 Å². The van der Waals surface area contributed by atoms with Gasteiger partial charge in [-0.05, 0) is 24.5 Å². The summed E-state index contributed by atoms with van der Waals surface area (Å²) >= 11 is 0. The molecule has 7 nitrogen and oxygen atoms in total. The van der Waals surface area contributed by atoms with Crippen LogP contribution in [0.15, 0.2) is 29.3 Å². The zero-order chi connectivity index (χ0) is 19.1. The summed E-state index contributed by atoms with van der Waals surface area (Å²) in [5.74, 6) is 1.12. The molecule has 158 valence electrons. The Kier molecular flexibility index (Phi) is 9.45. The number of aliphatic imine (C=N–C) groups is 1. The number of ether oxygens (including phenoxy) is 1. The highest BCUT2D eigenvalue weighted by Crippen LogP contribution is 2.15. The van der Waals surface area contributed by atoms with E-state index in [2.05, 4.69) is 33.7 Å². The van der Waals surface area contributed by atoms with Crippen LogP contribution in [0.5, 0.6) is 0 Å². The molecule has 0 aliphatic carbocycles. The number of nitrogens with one attached hydrogen (secondary N) is 2. The molecule has 0 aromatic heterocycles. The Balaban J connectivity index is 0.00000280. The number of benzene rings is 1. The molecule has 28 heavy (non-hydrogen) atoms. The van der Waals surface area contributed by atoms with Crippen LogP contribution in [0.3, 0.4) is 0 Å². The van der Waals surface area contributed by atoms with Crippen molar-refractivity contribution in [2.45, 2.75) is 32.5 Å². The van der Waals surface area contributed by atoms with Crippen LogP contribution in [-0.2, 0) is 27.7 Å². The van der Waals surface area contributed by atoms with E-state index in [0.717, 1.165) is 39.4 Å². The maximum atomic E-state index is 11.7. The van der Waals surface area contributed by atoms with Gasteiger partial charge in [-0.2, -0.15) is 0 Å². The average molecular weight is 522 g/mol. The molecule has 0 spiro atoms. The van der Waals surface area contributed by atoms with Crippen LogP contribution in [-0.4, -0.2) is 69.7 Å². The first-order valence-electron chi connectivity index (χ1n) is 9.68. The molecule has 9 heteroatoms. The maximum Gasteiger partial charge on any atom is 0.191 e. The number of rotatable bonds is 6. The highest BCUT2D eigenvalue weighted by Gasteiger charge is 2.28. The SMILES string of the molecule is CCNC(=NCc1ccccc1CN1CCOCC1)NC1CCS(=O)(=O)C1.I. The Labute approximate surface area is 185 Å². The van der Waals surface area contributed by atoms with E-state index in [1.807, 2.05) is 13.0 Å². The molecule has 1 atom stereocenters. The van der Waals surface area contributed by atoms with Crippen molar-refractivity contribution in [2.75, 3.05) is 44.4 Å². The predicted octanol–water partition coefficient (Wildman–Crippen LogP) is 1.38. The van der Waals surface area contributed by atoms with Gasteiger partial charge in [0.2, 0.25) is 0 Å². The number of halogens is 1.